The minimum atomic E-state index is -3.94. The maximum absolute atomic E-state index is 12.7. The molecule has 0 atom stereocenters. The van der Waals surface area contributed by atoms with Crippen molar-refractivity contribution in [1.82, 2.24) is 15.3 Å². The smallest absolute Gasteiger partial charge is 0.263 e. The van der Waals surface area contributed by atoms with Crippen molar-refractivity contribution in [3.05, 3.63) is 66.5 Å². The van der Waals surface area contributed by atoms with Gasteiger partial charge in [0.05, 0.1) is 26.2 Å². The highest BCUT2D eigenvalue weighted by Crippen LogP contribution is 2.28. The van der Waals surface area contributed by atoms with E-state index >= 15 is 0 Å². The summed E-state index contributed by atoms with van der Waals surface area (Å²) in [6, 6.07) is 11.0. The zero-order chi connectivity index (χ0) is 26.1. The molecule has 3 rings (SSSR count). The van der Waals surface area contributed by atoms with Gasteiger partial charge in [-0.15, -0.1) is 0 Å². The maximum atomic E-state index is 12.7. The van der Waals surface area contributed by atoms with E-state index in [4.69, 9.17) is 26.4 Å². The van der Waals surface area contributed by atoms with Crippen LogP contribution in [0, 0.1) is 0 Å². The Hall–Kier alpha value is -4.23. The fourth-order valence-corrected chi connectivity index (χ4v) is 4.12. The van der Waals surface area contributed by atoms with E-state index in [0.717, 1.165) is 5.56 Å². The first-order valence-corrected chi connectivity index (χ1v) is 12.1. The Morgan fingerprint density at radius 3 is 2.31 bits per heavy atom. The van der Waals surface area contributed by atoms with Crippen molar-refractivity contribution in [2.75, 3.05) is 31.4 Å². The number of hydrogen-bond donors (Lipinski definition) is 3. The molecule has 36 heavy (non-hydrogen) atoms. The predicted octanol–water partition coefficient (Wildman–Crippen LogP) is 2.83. The lowest BCUT2D eigenvalue weighted by atomic mass is 10.2. The number of carbonyl (C=O) groups excluding carboxylic acids is 1. The SMILES string of the molecule is COc1ccc(/C=C/C(=O)NC(=S)Nc2ccc(S(=O)(=O)Nc3nccnc3OC)cc2)cc1OC. The molecule has 0 aliphatic heterocycles. The minimum absolute atomic E-state index is 0.0198. The summed E-state index contributed by atoms with van der Waals surface area (Å²) >= 11 is 5.16. The van der Waals surface area contributed by atoms with Gasteiger partial charge in [-0.2, -0.15) is 0 Å². The summed E-state index contributed by atoms with van der Waals surface area (Å²) in [5, 5.41) is 5.38. The number of sulfonamides is 1. The van der Waals surface area contributed by atoms with Gasteiger partial charge in [0.15, 0.2) is 16.6 Å². The monoisotopic (exact) mass is 529 g/mol. The van der Waals surface area contributed by atoms with Gasteiger partial charge < -0.3 is 19.5 Å². The van der Waals surface area contributed by atoms with Crippen LogP contribution in [0.4, 0.5) is 11.5 Å². The second-order valence-electron chi connectivity index (χ2n) is 6.94. The van der Waals surface area contributed by atoms with Gasteiger partial charge in [0.25, 0.3) is 15.9 Å². The van der Waals surface area contributed by atoms with Gasteiger partial charge in [-0.05, 0) is 60.3 Å². The van der Waals surface area contributed by atoms with Gasteiger partial charge in [-0.1, -0.05) is 6.07 Å². The first kappa shape index (κ1) is 26.4. The summed E-state index contributed by atoms with van der Waals surface area (Å²) in [5.41, 5.74) is 1.20. The number of benzene rings is 2. The van der Waals surface area contributed by atoms with E-state index in [0.29, 0.717) is 17.2 Å². The summed E-state index contributed by atoms with van der Waals surface area (Å²) in [7, 11) is 0.476. The molecule has 3 N–H and O–H groups in total. The van der Waals surface area contributed by atoms with Crippen LogP contribution >= 0.6 is 12.2 Å². The Bertz CT molecular complexity index is 1380. The number of aromatic nitrogens is 2. The minimum Gasteiger partial charge on any atom is -0.493 e. The summed E-state index contributed by atoms with van der Waals surface area (Å²) < 4.78 is 43.1. The number of nitrogens with one attached hydrogen (secondary N) is 3. The van der Waals surface area contributed by atoms with Crippen LogP contribution in [0.1, 0.15) is 5.56 Å². The molecular weight excluding hydrogens is 506 g/mol. The summed E-state index contributed by atoms with van der Waals surface area (Å²) in [6.45, 7) is 0. The number of amides is 1. The molecule has 0 fully saturated rings. The van der Waals surface area contributed by atoms with E-state index < -0.39 is 15.9 Å². The van der Waals surface area contributed by atoms with Crippen molar-refractivity contribution in [2.24, 2.45) is 0 Å². The van der Waals surface area contributed by atoms with E-state index in [1.807, 2.05) is 0 Å². The fourth-order valence-electron chi connectivity index (χ4n) is 2.89. The van der Waals surface area contributed by atoms with Crippen LogP contribution in [-0.4, -0.2) is 50.7 Å². The number of hydrogen-bond acceptors (Lipinski definition) is 9. The fraction of sp³-hybridized carbons (Fsp3) is 0.130. The first-order chi connectivity index (χ1) is 17.2. The largest absolute Gasteiger partial charge is 0.493 e. The zero-order valence-electron chi connectivity index (χ0n) is 19.5. The molecule has 1 heterocycles. The Labute approximate surface area is 213 Å². The van der Waals surface area contributed by atoms with Crippen LogP contribution < -0.4 is 29.6 Å². The molecule has 0 aliphatic rings. The number of carbonyl (C=O) groups is 1. The highest BCUT2D eigenvalue weighted by molar-refractivity contribution is 7.92. The first-order valence-electron chi connectivity index (χ1n) is 10.3. The Balaban J connectivity index is 1.58. The highest BCUT2D eigenvalue weighted by Gasteiger charge is 2.18. The molecule has 0 spiro atoms. The predicted molar refractivity (Wildman–Crippen MR) is 139 cm³/mol. The number of ether oxygens (including phenoxy) is 3. The summed E-state index contributed by atoms with van der Waals surface area (Å²) in [4.78, 5) is 20.0. The molecule has 3 aromatic rings. The zero-order valence-corrected chi connectivity index (χ0v) is 21.1. The molecule has 11 nitrogen and oxygen atoms in total. The van der Waals surface area contributed by atoms with E-state index in [1.54, 1.807) is 24.3 Å². The van der Waals surface area contributed by atoms with Gasteiger partial charge >= 0.3 is 0 Å². The third kappa shape index (κ3) is 6.90. The molecule has 0 aliphatic carbocycles. The van der Waals surface area contributed by atoms with Crippen LogP contribution in [0.5, 0.6) is 17.4 Å². The third-order valence-corrected chi connectivity index (χ3v) is 6.14. The van der Waals surface area contributed by atoms with Crippen molar-refractivity contribution in [3.8, 4) is 17.4 Å². The lowest BCUT2D eigenvalue weighted by Crippen LogP contribution is -2.32. The van der Waals surface area contributed by atoms with Gasteiger partial charge in [-0.3, -0.25) is 14.8 Å². The van der Waals surface area contributed by atoms with Crippen molar-refractivity contribution in [1.29, 1.82) is 0 Å². The average Bonchev–Trinajstić information content (AvgIpc) is 2.87. The molecule has 188 valence electrons. The summed E-state index contributed by atoms with van der Waals surface area (Å²) in [5.74, 6) is 0.665. The molecule has 1 amide bonds. The lowest BCUT2D eigenvalue weighted by molar-refractivity contribution is -0.115. The van der Waals surface area contributed by atoms with Crippen LogP contribution in [0.15, 0.2) is 65.8 Å². The van der Waals surface area contributed by atoms with Crippen molar-refractivity contribution in [2.45, 2.75) is 4.90 Å². The molecule has 0 saturated heterocycles. The van der Waals surface area contributed by atoms with Gasteiger partial charge in [0, 0.05) is 24.2 Å². The van der Waals surface area contributed by atoms with E-state index in [-0.39, 0.29) is 21.7 Å². The molecule has 0 radical (unpaired) electrons. The average molecular weight is 530 g/mol. The molecule has 0 saturated carbocycles. The molecule has 1 aromatic heterocycles. The Morgan fingerprint density at radius 2 is 1.64 bits per heavy atom. The summed E-state index contributed by atoms with van der Waals surface area (Å²) in [6.07, 6.45) is 5.63. The van der Waals surface area contributed by atoms with Crippen LogP contribution in [0.2, 0.25) is 0 Å². The van der Waals surface area contributed by atoms with Gasteiger partial charge in [0.1, 0.15) is 0 Å². The number of nitrogens with zero attached hydrogens (tertiary/aromatic N) is 2. The molecule has 2 aromatic carbocycles. The van der Waals surface area contributed by atoms with E-state index in [1.165, 1.54) is 64.1 Å². The topological polar surface area (TPSA) is 141 Å². The maximum Gasteiger partial charge on any atom is 0.263 e. The van der Waals surface area contributed by atoms with Crippen molar-refractivity contribution in [3.63, 3.8) is 0 Å². The second kappa shape index (κ2) is 12.0. The quantitative estimate of drug-likeness (QED) is 0.280. The normalized spacial score (nSPS) is 11.0. The van der Waals surface area contributed by atoms with Crippen LogP contribution in [-0.2, 0) is 14.8 Å². The van der Waals surface area contributed by atoms with Crippen molar-refractivity contribution < 1.29 is 27.4 Å². The number of thiocarbonyl (C=S) groups is 1. The molecule has 13 heteroatoms. The Morgan fingerprint density at radius 1 is 0.944 bits per heavy atom. The van der Waals surface area contributed by atoms with Crippen LogP contribution in [0.3, 0.4) is 0 Å². The number of methoxy groups -OCH3 is 3. The molecular formula is C23H23N5O6S2. The van der Waals surface area contributed by atoms with Gasteiger partial charge in [0.2, 0.25) is 11.7 Å². The van der Waals surface area contributed by atoms with Crippen LogP contribution in [0.25, 0.3) is 6.08 Å². The highest BCUT2D eigenvalue weighted by atomic mass is 32.2. The van der Waals surface area contributed by atoms with E-state index in [2.05, 4.69) is 25.3 Å². The second-order valence-corrected chi connectivity index (χ2v) is 9.03. The molecule has 0 unspecified atom stereocenters. The Kier molecular flexibility index (Phi) is 8.76. The van der Waals surface area contributed by atoms with Crippen molar-refractivity contribution >= 4 is 50.8 Å². The molecule has 0 bridgehead atoms. The number of anilines is 2. The van der Waals surface area contributed by atoms with E-state index in [9.17, 15) is 13.2 Å². The third-order valence-electron chi connectivity index (χ3n) is 4.58. The lowest BCUT2D eigenvalue weighted by Gasteiger charge is -2.11. The van der Waals surface area contributed by atoms with Gasteiger partial charge in [-0.25, -0.2) is 18.4 Å². The number of rotatable bonds is 9. The standard InChI is InChI=1S/C23H23N5O6S2/c1-32-18-10-4-15(14-19(18)33-2)5-11-20(29)27-23(35)26-16-6-8-17(9-7-16)36(30,31)28-21-22(34-3)25-13-12-24-21/h4-14H,1-3H3,(H,24,28)(H2,26,27,29,35)/b11-5+.